The second kappa shape index (κ2) is 5.49. The molecule has 0 saturated heterocycles. The van der Waals surface area contributed by atoms with E-state index in [-0.39, 0.29) is 17.2 Å². The van der Waals surface area contributed by atoms with Crippen LogP contribution in [0.4, 0.5) is 0 Å². The summed E-state index contributed by atoms with van der Waals surface area (Å²) in [5, 5.41) is 11.6. The lowest BCUT2D eigenvalue weighted by Crippen LogP contribution is -2.48. The van der Waals surface area contributed by atoms with E-state index >= 15 is 0 Å². The highest BCUT2D eigenvalue weighted by Crippen LogP contribution is 2.42. The summed E-state index contributed by atoms with van der Waals surface area (Å²) in [5.74, 6) is -1.30. The van der Waals surface area contributed by atoms with Gasteiger partial charge >= 0.3 is 5.97 Å². The first-order valence-corrected chi connectivity index (χ1v) is 6.12. The maximum atomic E-state index is 11.8. The van der Waals surface area contributed by atoms with E-state index in [0.717, 1.165) is 19.3 Å². The van der Waals surface area contributed by atoms with Crippen LogP contribution in [-0.4, -0.2) is 29.6 Å². The van der Waals surface area contributed by atoms with Gasteiger partial charge in [-0.1, -0.05) is 20.3 Å². The van der Waals surface area contributed by atoms with Crippen molar-refractivity contribution in [2.75, 3.05) is 6.54 Å². The minimum absolute atomic E-state index is 0.0792. The Kier molecular flexibility index (Phi) is 4.51. The SMILES string of the molecule is CC(C)[C@@H](NC(=O)CC1(CN)CCC1)C(=O)O. The number of carboxylic acid groups (broad SMARTS) is 1. The standard InChI is InChI=1S/C12H22N2O3/c1-8(2)10(11(16)17)14-9(15)6-12(7-13)4-3-5-12/h8,10H,3-7,13H2,1-2H3,(H,14,15)(H,16,17)/t10-/m1/s1. The van der Waals surface area contributed by atoms with Gasteiger partial charge in [0.2, 0.25) is 5.91 Å². The predicted molar refractivity (Wildman–Crippen MR) is 64.4 cm³/mol. The van der Waals surface area contributed by atoms with Gasteiger partial charge in [-0.3, -0.25) is 4.79 Å². The molecule has 0 radical (unpaired) electrons. The van der Waals surface area contributed by atoms with Gasteiger partial charge in [0.05, 0.1) is 0 Å². The van der Waals surface area contributed by atoms with Gasteiger partial charge in [0.25, 0.3) is 0 Å². The van der Waals surface area contributed by atoms with Crippen molar-refractivity contribution in [2.45, 2.75) is 45.6 Å². The van der Waals surface area contributed by atoms with Crippen molar-refractivity contribution in [2.24, 2.45) is 17.1 Å². The van der Waals surface area contributed by atoms with Crippen LogP contribution in [0, 0.1) is 11.3 Å². The number of hydrogen-bond acceptors (Lipinski definition) is 3. The summed E-state index contributed by atoms with van der Waals surface area (Å²) in [4.78, 5) is 22.8. The first kappa shape index (κ1) is 14.0. The summed E-state index contributed by atoms with van der Waals surface area (Å²) >= 11 is 0. The van der Waals surface area contributed by atoms with Crippen LogP contribution >= 0.6 is 0 Å². The first-order chi connectivity index (χ1) is 7.90. The van der Waals surface area contributed by atoms with Gasteiger partial charge in [-0.2, -0.15) is 0 Å². The Morgan fingerprint density at radius 2 is 2.00 bits per heavy atom. The number of hydrogen-bond donors (Lipinski definition) is 3. The summed E-state index contributed by atoms with van der Waals surface area (Å²) < 4.78 is 0. The molecule has 0 spiro atoms. The molecule has 1 aliphatic carbocycles. The van der Waals surface area contributed by atoms with Crippen LogP contribution in [0.2, 0.25) is 0 Å². The lowest BCUT2D eigenvalue weighted by atomic mass is 9.66. The van der Waals surface area contributed by atoms with Crippen LogP contribution in [0.1, 0.15) is 39.5 Å². The summed E-state index contributed by atoms with van der Waals surface area (Å²) in [7, 11) is 0. The molecule has 1 fully saturated rings. The molecular weight excluding hydrogens is 220 g/mol. The average Bonchev–Trinajstić information content (AvgIpc) is 2.19. The van der Waals surface area contributed by atoms with Crippen molar-refractivity contribution >= 4 is 11.9 Å². The molecule has 0 aromatic carbocycles. The normalized spacial score (nSPS) is 19.5. The van der Waals surface area contributed by atoms with Crippen molar-refractivity contribution in [3.05, 3.63) is 0 Å². The third-order valence-electron chi connectivity index (χ3n) is 3.63. The Labute approximate surface area is 102 Å². The van der Waals surface area contributed by atoms with Crippen LogP contribution in [0.3, 0.4) is 0 Å². The molecule has 1 amide bonds. The monoisotopic (exact) mass is 242 g/mol. The molecule has 17 heavy (non-hydrogen) atoms. The number of nitrogens with one attached hydrogen (secondary N) is 1. The Morgan fingerprint density at radius 3 is 2.29 bits per heavy atom. The second-order valence-corrected chi connectivity index (χ2v) is 5.36. The van der Waals surface area contributed by atoms with Gasteiger partial charge < -0.3 is 16.2 Å². The van der Waals surface area contributed by atoms with Gasteiger partial charge in [-0.25, -0.2) is 4.79 Å². The summed E-state index contributed by atoms with van der Waals surface area (Å²) in [6, 6.07) is -0.808. The second-order valence-electron chi connectivity index (χ2n) is 5.36. The fourth-order valence-electron chi connectivity index (χ4n) is 2.21. The Bertz CT molecular complexity index is 293. The molecule has 0 heterocycles. The van der Waals surface area contributed by atoms with E-state index in [1.165, 1.54) is 0 Å². The molecule has 1 aliphatic rings. The smallest absolute Gasteiger partial charge is 0.326 e. The van der Waals surface area contributed by atoms with Crippen molar-refractivity contribution in [1.82, 2.24) is 5.32 Å². The number of carboxylic acids is 1. The van der Waals surface area contributed by atoms with Crippen LogP contribution in [-0.2, 0) is 9.59 Å². The molecule has 5 nitrogen and oxygen atoms in total. The third-order valence-corrected chi connectivity index (χ3v) is 3.63. The molecule has 0 unspecified atom stereocenters. The van der Waals surface area contributed by atoms with Crippen LogP contribution in [0.15, 0.2) is 0 Å². The molecule has 1 rings (SSSR count). The van der Waals surface area contributed by atoms with Crippen molar-refractivity contribution in [3.63, 3.8) is 0 Å². The maximum absolute atomic E-state index is 11.8. The van der Waals surface area contributed by atoms with Crippen LogP contribution < -0.4 is 11.1 Å². The number of carbonyl (C=O) groups excluding carboxylic acids is 1. The van der Waals surface area contributed by atoms with Gasteiger partial charge in [-0.15, -0.1) is 0 Å². The topological polar surface area (TPSA) is 92.4 Å². The lowest BCUT2D eigenvalue weighted by molar-refractivity contribution is -0.143. The summed E-state index contributed by atoms with van der Waals surface area (Å²) in [6.45, 7) is 4.06. The fraction of sp³-hybridized carbons (Fsp3) is 0.833. The van der Waals surface area contributed by atoms with E-state index in [1.54, 1.807) is 13.8 Å². The van der Waals surface area contributed by atoms with Gasteiger partial charge in [-0.05, 0) is 30.7 Å². The van der Waals surface area contributed by atoms with E-state index in [0.29, 0.717) is 13.0 Å². The number of carbonyl (C=O) groups is 2. The molecule has 0 aromatic rings. The highest BCUT2D eigenvalue weighted by atomic mass is 16.4. The molecule has 0 aromatic heterocycles. The van der Waals surface area contributed by atoms with E-state index in [9.17, 15) is 9.59 Å². The number of amides is 1. The predicted octanol–water partition coefficient (Wildman–Crippen LogP) is 0.731. The Hall–Kier alpha value is -1.10. The lowest BCUT2D eigenvalue weighted by Gasteiger charge is -2.40. The quantitative estimate of drug-likeness (QED) is 0.640. The molecule has 0 bridgehead atoms. The van der Waals surface area contributed by atoms with E-state index in [2.05, 4.69) is 5.32 Å². The van der Waals surface area contributed by atoms with Crippen LogP contribution in [0.5, 0.6) is 0 Å². The highest BCUT2D eigenvalue weighted by molar-refractivity contribution is 5.84. The summed E-state index contributed by atoms with van der Waals surface area (Å²) in [5.41, 5.74) is 5.59. The zero-order chi connectivity index (χ0) is 13.1. The fourth-order valence-corrected chi connectivity index (χ4v) is 2.21. The minimum Gasteiger partial charge on any atom is -0.480 e. The Balaban J connectivity index is 2.50. The molecule has 4 N–H and O–H groups in total. The van der Waals surface area contributed by atoms with Gasteiger partial charge in [0, 0.05) is 6.42 Å². The first-order valence-electron chi connectivity index (χ1n) is 6.12. The largest absolute Gasteiger partial charge is 0.480 e. The van der Waals surface area contributed by atoms with E-state index < -0.39 is 12.0 Å². The van der Waals surface area contributed by atoms with Gasteiger partial charge in [0.1, 0.15) is 6.04 Å². The molecule has 1 saturated carbocycles. The summed E-state index contributed by atoms with van der Waals surface area (Å²) in [6.07, 6.45) is 3.39. The zero-order valence-corrected chi connectivity index (χ0v) is 10.5. The van der Waals surface area contributed by atoms with Crippen molar-refractivity contribution in [1.29, 1.82) is 0 Å². The minimum atomic E-state index is -0.983. The Morgan fingerprint density at radius 1 is 1.41 bits per heavy atom. The van der Waals surface area contributed by atoms with Gasteiger partial charge in [0.15, 0.2) is 0 Å². The molecule has 5 heteroatoms. The average molecular weight is 242 g/mol. The van der Waals surface area contributed by atoms with E-state index in [4.69, 9.17) is 10.8 Å². The number of rotatable bonds is 6. The number of aliphatic carboxylic acids is 1. The molecular formula is C12H22N2O3. The maximum Gasteiger partial charge on any atom is 0.326 e. The molecule has 1 atom stereocenters. The van der Waals surface area contributed by atoms with Crippen molar-refractivity contribution in [3.8, 4) is 0 Å². The molecule has 0 aliphatic heterocycles. The molecule has 98 valence electrons. The third kappa shape index (κ3) is 3.43. The zero-order valence-electron chi connectivity index (χ0n) is 10.5. The van der Waals surface area contributed by atoms with Crippen LogP contribution in [0.25, 0.3) is 0 Å². The number of nitrogens with two attached hydrogens (primary N) is 1. The van der Waals surface area contributed by atoms with Crippen molar-refractivity contribution < 1.29 is 14.7 Å². The van der Waals surface area contributed by atoms with E-state index in [1.807, 2.05) is 0 Å². The highest BCUT2D eigenvalue weighted by Gasteiger charge is 2.38.